The Labute approximate surface area is 157 Å². The minimum absolute atomic E-state index is 0.164. The van der Waals surface area contributed by atoms with Crippen LogP contribution in [-0.4, -0.2) is 18.4 Å². The normalized spacial score (nSPS) is 44.0. The van der Waals surface area contributed by atoms with E-state index in [4.69, 9.17) is 4.74 Å². The number of rotatable bonds is 3. The maximum atomic E-state index is 11.9. The molecule has 0 aliphatic heterocycles. The molecule has 6 atom stereocenters. The summed E-state index contributed by atoms with van der Waals surface area (Å²) >= 11 is 0. The molecule has 2 saturated carbocycles. The Morgan fingerprint density at radius 3 is 2.77 bits per heavy atom. The quantitative estimate of drug-likeness (QED) is 0.678. The van der Waals surface area contributed by atoms with Gasteiger partial charge in [-0.25, -0.2) is 0 Å². The van der Waals surface area contributed by atoms with Crippen LogP contribution >= 0.6 is 0 Å². The van der Waals surface area contributed by atoms with Gasteiger partial charge in [0.05, 0.1) is 6.61 Å². The molecule has 0 radical (unpaired) electrons. The molecule has 4 aliphatic rings. The Kier molecular flexibility index (Phi) is 4.40. The van der Waals surface area contributed by atoms with Gasteiger partial charge < -0.3 is 4.74 Å². The Morgan fingerprint density at radius 1 is 1.19 bits per heavy atom. The lowest BCUT2D eigenvalue weighted by molar-refractivity contribution is -0.141. The summed E-state index contributed by atoms with van der Waals surface area (Å²) in [4.78, 5) is 23.0. The molecular formula is C23H32O3. The number of ether oxygens (including phenoxy) is 1. The fraction of sp³-hybridized carbons (Fsp3) is 0.739. The molecule has 0 heterocycles. The molecule has 3 nitrogen and oxygen atoms in total. The van der Waals surface area contributed by atoms with Crippen molar-refractivity contribution >= 4 is 11.8 Å². The van der Waals surface area contributed by atoms with E-state index in [1.54, 1.807) is 0 Å². The third-order valence-corrected chi connectivity index (χ3v) is 8.48. The number of hydrogen-bond donors (Lipinski definition) is 0. The zero-order valence-electron chi connectivity index (χ0n) is 16.4. The van der Waals surface area contributed by atoms with Gasteiger partial charge in [0.25, 0.3) is 0 Å². The monoisotopic (exact) mass is 356 g/mol. The Bertz CT molecular complexity index is 675. The summed E-state index contributed by atoms with van der Waals surface area (Å²) in [7, 11) is 0. The van der Waals surface area contributed by atoms with Gasteiger partial charge in [0.1, 0.15) is 0 Å². The summed E-state index contributed by atoms with van der Waals surface area (Å²) in [6.45, 7) is 6.96. The molecule has 142 valence electrons. The van der Waals surface area contributed by atoms with Crippen molar-refractivity contribution in [3.05, 3.63) is 23.8 Å². The van der Waals surface area contributed by atoms with Crippen LogP contribution in [0.2, 0.25) is 0 Å². The van der Waals surface area contributed by atoms with Crippen molar-refractivity contribution in [2.75, 3.05) is 6.61 Å². The molecular weight excluding hydrogens is 324 g/mol. The SMILES string of the molecule is CC(=O)OCCC1CCC2C3C=CC4=CC(=O)CCC4(C)C3CCC12C. The average Bonchev–Trinajstić information content (AvgIpc) is 2.92. The highest BCUT2D eigenvalue weighted by Gasteiger charge is 2.57. The number of hydrogen-bond acceptors (Lipinski definition) is 3. The van der Waals surface area contributed by atoms with Crippen LogP contribution in [0.1, 0.15) is 65.7 Å². The summed E-state index contributed by atoms with van der Waals surface area (Å²) in [6.07, 6.45) is 14.4. The molecule has 0 spiro atoms. The summed E-state index contributed by atoms with van der Waals surface area (Å²) in [5, 5.41) is 0. The molecule has 0 amide bonds. The van der Waals surface area contributed by atoms with Crippen LogP contribution < -0.4 is 0 Å². The predicted octanol–water partition coefficient (Wildman–Crippen LogP) is 4.86. The third kappa shape index (κ3) is 2.70. The second kappa shape index (κ2) is 6.35. The minimum atomic E-state index is -0.164. The van der Waals surface area contributed by atoms with Gasteiger partial charge in [-0.1, -0.05) is 26.0 Å². The van der Waals surface area contributed by atoms with Crippen LogP contribution in [0.5, 0.6) is 0 Å². The van der Waals surface area contributed by atoms with Crippen molar-refractivity contribution in [1.82, 2.24) is 0 Å². The highest BCUT2D eigenvalue weighted by atomic mass is 16.5. The largest absolute Gasteiger partial charge is 0.466 e. The van der Waals surface area contributed by atoms with E-state index in [0.717, 1.165) is 18.8 Å². The van der Waals surface area contributed by atoms with Crippen molar-refractivity contribution in [2.45, 2.75) is 65.7 Å². The van der Waals surface area contributed by atoms with E-state index < -0.39 is 0 Å². The summed E-state index contributed by atoms with van der Waals surface area (Å²) in [6, 6.07) is 0. The van der Waals surface area contributed by atoms with E-state index in [9.17, 15) is 9.59 Å². The number of fused-ring (bicyclic) bond motifs is 5. The van der Waals surface area contributed by atoms with E-state index in [-0.39, 0.29) is 11.4 Å². The molecule has 6 unspecified atom stereocenters. The molecule has 4 aliphatic carbocycles. The van der Waals surface area contributed by atoms with Crippen LogP contribution in [-0.2, 0) is 14.3 Å². The maximum Gasteiger partial charge on any atom is 0.302 e. The maximum absolute atomic E-state index is 11.9. The van der Waals surface area contributed by atoms with Gasteiger partial charge in [-0.15, -0.1) is 0 Å². The lowest BCUT2D eigenvalue weighted by Gasteiger charge is -2.56. The van der Waals surface area contributed by atoms with Gasteiger partial charge in [0.2, 0.25) is 0 Å². The van der Waals surface area contributed by atoms with Crippen LogP contribution in [0.15, 0.2) is 23.8 Å². The van der Waals surface area contributed by atoms with E-state index in [2.05, 4.69) is 26.0 Å². The molecule has 26 heavy (non-hydrogen) atoms. The minimum Gasteiger partial charge on any atom is -0.466 e. The zero-order valence-corrected chi connectivity index (χ0v) is 16.4. The van der Waals surface area contributed by atoms with E-state index in [0.29, 0.717) is 42.0 Å². The molecule has 0 aromatic carbocycles. The predicted molar refractivity (Wildman–Crippen MR) is 101 cm³/mol. The number of allylic oxidation sites excluding steroid dienone is 4. The van der Waals surface area contributed by atoms with Crippen LogP contribution in [0.4, 0.5) is 0 Å². The van der Waals surface area contributed by atoms with Crippen molar-refractivity contribution < 1.29 is 14.3 Å². The zero-order chi connectivity index (χ0) is 18.5. The Balaban J connectivity index is 1.56. The van der Waals surface area contributed by atoms with Crippen molar-refractivity contribution in [3.63, 3.8) is 0 Å². The van der Waals surface area contributed by atoms with Crippen LogP contribution in [0.3, 0.4) is 0 Å². The first-order valence-corrected chi connectivity index (χ1v) is 10.4. The number of carbonyl (C=O) groups excluding carboxylic acids is 2. The number of ketones is 1. The molecule has 0 saturated heterocycles. The van der Waals surface area contributed by atoms with Crippen molar-refractivity contribution in [3.8, 4) is 0 Å². The smallest absolute Gasteiger partial charge is 0.302 e. The van der Waals surface area contributed by atoms with Crippen molar-refractivity contribution in [1.29, 1.82) is 0 Å². The lowest BCUT2D eigenvalue weighted by atomic mass is 9.48. The van der Waals surface area contributed by atoms with Gasteiger partial charge in [-0.2, -0.15) is 0 Å². The molecule has 0 aromatic rings. The fourth-order valence-corrected chi connectivity index (χ4v) is 6.92. The first kappa shape index (κ1) is 18.0. The van der Waals surface area contributed by atoms with Gasteiger partial charge in [-0.05, 0) is 84.7 Å². The molecule has 2 fully saturated rings. The third-order valence-electron chi connectivity index (χ3n) is 8.48. The fourth-order valence-electron chi connectivity index (χ4n) is 6.92. The second-order valence-corrected chi connectivity index (χ2v) is 9.58. The first-order valence-electron chi connectivity index (χ1n) is 10.4. The van der Waals surface area contributed by atoms with Gasteiger partial charge in [0, 0.05) is 13.3 Å². The molecule has 0 N–H and O–H groups in total. The molecule has 3 heteroatoms. The van der Waals surface area contributed by atoms with Crippen LogP contribution in [0.25, 0.3) is 0 Å². The molecule has 4 rings (SSSR count). The van der Waals surface area contributed by atoms with Gasteiger partial charge in [0.15, 0.2) is 5.78 Å². The van der Waals surface area contributed by atoms with Gasteiger partial charge in [-0.3, -0.25) is 9.59 Å². The summed E-state index contributed by atoms with van der Waals surface area (Å²) < 4.78 is 5.24. The van der Waals surface area contributed by atoms with E-state index in [1.807, 2.05) is 6.08 Å². The van der Waals surface area contributed by atoms with E-state index >= 15 is 0 Å². The topological polar surface area (TPSA) is 43.4 Å². The molecule has 0 aromatic heterocycles. The Morgan fingerprint density at radius 2 is 2.00 bits per heavy atom. The lowest BCUT2D eigenvalue weighted by Crippen LogP contribution is -2.49. The Hall–Kier alpha value is -1.38. The first-order chi connectivity index (χ1) is 12.3. The molecule has 0 bridgehead atoms. The standard InChI is InChI=1S/C23H32O3/c1-15(24)26-13-10-16-5-7-20-19-6-4-17-14-18(25)8-11-23(17,3)21(19)9-12-22(16,20)2/h4,6,14,16,19-21H,5,7-13H2,1-3H3. The number of esters is 1. The number of carbonyl (C=O) groups is 2. The van der Waals surface area contributed by atoms with Crippen LogP contribution in [0, 0.1) is 34.5 Å². The summed E-state index contributed by atoms with van der Waals surface area (Å²) in [5.74, 6) is 2.85. The highest BCUT2D eigenvalue weighted by Crippen LogP contribution is 2.65. The summed E-state index contributed by atoms with van der Waals surface area (Å²) in [5.41, 5.74) is 1.83. The second-order valence-electron chi connectivity index (χ2n) is 9.58. The van der Waals surface area contributed by atoms with E-state index in [1.165, 1.54) is 38.2 Å². The van der Waals surface area contributed by atoms with Gasteiger partial charge >= 0.3 is 5.97 Å². The van der Waals surface area contributed by atoms with Crippen molar-refractivity contribution in [2.24, 2.45) is 34.5 Å². The highest BCUT2D eigenvalue weighted by molar-refractivity contribution is 5.92. The average molecular weight is 357 g/mol.